The fourth-order valence-electron chi connectivity index (χ4n) is 4.29. The molecule has 1 aliphatic carbocycles. The number of guanidine groups is 2. The summed E-state index contributed by atoms with van der Waals surface area (Å²) < 4.78 is 6.21. The second-order valence-corrected chi connectivity index (χ2v) is 7.56. The molecule has 4 N–H and O–H groups in total. The first-order valence-corrected chi connectivity index (χ1v) is 9.54. The van der Waals surface area contributed by atoms with E-state index in [0.717, 1.165) is 60.1 Å². The highest BCUT2D eigenvalue weighted by atomic mass is 35.5. The molecule has 26 heavy (non-hydrogen) atoms. The number of hydrogen-bond donors (Lipinski definition) is 2. The Hall–Kier alpha value is -2.21. The molecule has 1 aliphatic heterocycles. The van der Waals surface area contributed by atoms with Crippen LogP contribution in [0.3, 0.4) is 0 Å². The first-order valence-electron chi connectivity index (χ1n) is 9.16. The van der Waals surface area contributed by atoms with Crippen LogP contribution >= 0.6 is 11.6 Å². The number of halogens is 1. The van der Waals surface area contributed by atoms with Gasteiger partial charge in [0.05, 0.1) is 5.69 Å². The van der Waals surface area contributed by atoms with Crippen molar-refractivity contribution >= 4 is 40.2 Å². The van der Waals surface area contributed by atoms with Gasteiger partial charge >= 0.3 is 0 Å². The topological polar surface area (TPSA) is 93.1 Å². The van der Waals surface area contributed by atoms with Crippen LogP contribution in [0.2, 0.25) is 5.02 Å². The van der Waals surface area contributed by atoms with E-state index in [-0.39, 0.29) is 5.96 Å². The van der Waals surface area contributed by atoms with Gasteiger partial charge in [0, 0.05) is 16.8 Å². The van der Waals surface area contributed by atoms with Crippen LogP contribution in [-0.2, 0) is 6.42 Å². The Kier molecular flexibility index (Phi) is 4.10. The molecule has 0 saturated heterocycles. The highest BCUT2D eigenvalue weighted by Gasteiger charge is 2.43. The molecule has 2 heterocycles. The Morgan fingerprint density at radius 3 is 2.65 bits per heavy atom. The minimum Gasteiger partial charge on any atom is -0.459 e. The summed E-state index contributed by atoms with van der Waals surface area (Å²) in [6.07, 6.45) is 5.89. The molecule has 0 unspecified atom stereocenters. The maximum Gasteiger partial charge on any atom is 0.220 e. The molecule has 0 radical (unpaired) electrons. The molecule has 1 aromatic heterocycles. The van der Waals surface area contributed by atoms with E-state index < -0.39 is 5.66 Å². The third-order valence-corrected chi connectivity index (χ3v) is 5.71. The number of benzene rings is 1. The van der Waals surface area contributed by atoms with E-state index in [4.69, 9.17) is 32.5 Å². The number of aryl methyl sites for hydroxylation is 2. The Morgan fingerprint density at radius 2 is 1.96 bits per heavy atom. The zero-order valence-electron chi connectivity index (χ0n) is 15.2. The summed E-state index contributed by atoms with van der Waals surface area (Å²) in [7, 11) is 0. The second-order valence-electron chi connectivity index (χ2n) is 7.12. The predicted molar refractivity (Wildman–Crippen MR) is 107 cm³/mol. The lowest BCUT2D eigenvalue weighted by molar-refractivity contribution is 0.305. The number of aliphatic imine (C=N–C) groups is 2. The Balaban J connectivity index is 1.97. The van der Waals surface area contributed by atoms with E-state index in [9.17, 15) is 0 Å². The zero-order valence-corrected chi connectivity index (χ0v) is 15.9. The van der Waals surface area contributed by atoms with E-state index in [0.29, 0.717) is 11.0 Å². The van der Waals surface area contributed by atoms with Crippen LogP contribution < -0.4 is 16.4 Å². The predicted octanol–water partition coefficient (Wildman–Crippen LogP) is 4.07. The third kappa shape index (κ3) is 2.55. The molecular weight excluding hydrogens is 350 g/mol. The van der Waals surface area contributed by atoms with Gasteiger partial charge in [0.15, 0.2) is 5.58 Å². The van der Waals surface area contributed by atoms with E-state index in [1.165, 1.54) is 6.42 Å². The lowest BCUT2D eigenvalue weighted by Gasteiger charge is -2.45. The molecule has 0 atom stereocenters. The molecule has 7 heteroatoms. The summed E-state index contributed by atoms with van der Waals surface area (Å²) in [5.74, 6) is 1.54. The number of nitrogens with zero attached hydrogens (tertiary/aromatic N) is 3. The lowest BCUT2D eigenvalue weighted by atomic mass is 9.87. The van der Waals surface area contributed by atoms with Gasteiger partial charge in [-0.05, 0) is 50.3 Å². The number of furan rings is 1. The quantitative estimate of drug-likeness (QED) is 0.829. The number of fused-ring (bicyclic) bond motifs is 1. The largest absolute Gasteiger partial charge is 0.459 e. The Bertz CT molecular complexity index is 924. The highest BCUT2D eigenvalue weighted by Crippen LogP contribution is 2.44. The van der Waals surface area contributed by atoms with Crippen molar-refractivity contribution in [3.63, 3.8) is 0 Å². The van der Waals surface area contributed by atoms with Crippen LogP contribution in [0.15, 0.2) is 26.5 Å². The van der Waals surface area contributed by atoms with Crippen LogP contribution in [0.5, 0.6) is 0 Å². The minimum atomic E-state index is -0.515. The maximum atomic E-state index is 6.46. The van der Waals surface area contributed by atoms with E-state index in [1.54, 1.807) is 0 Å². The van der Waals surface area contributed by atoms with Gasteiger partial charge in [-0.2, -0.15) is 4.99 Å². The van der Waals surface area contributed by atoms with Gasteiger partial charge in [-0.15, -0.1) is 0 Å². The summed E-state index contributed by atoms with van der Waals surface area (Å²) in [5, 5.41) is 1.64. The molecule has 1 saturated carbocycles. The molecule has 6 nitrogen and oxygen atoms in total. The normalized spacial score (nSPS) is 19.7. The van der Waals surface area contributed by atoms with Gasteiger partial charge in [-0.1, -0.05) is 24.9 Å². The molecule has 138 valence electrons. The van der Waals surface area contributed by atoms with Crippen molar-refractivity contribution in [1.82, 2.24) is 0 Å². The second kappa shape index (κ2) is 6.20. The van der Waals surface area contributed by atoms with E-state index in [1.807, 2.05) is 17.0 Å². The summed E-state index contributed by atoms with van der Waals surface area (Å²) in [4.78, 5) is 11.0. The van der Waals surface area contributed by atoms with Gasteiger partial charge in [0.25, 0.3) is 0 Å². The molecule has 0 amide bonds. The lowest BCUT2D eigenvalue weighted by Crippen LogP contribution is -2.58. The molecule has 4 rings (SSSR count). The summed E-state index contributed by atoms with van der Waals surface area (Å²) >= 11 is 6.46. The highest BCUT2D eigenvalue weighted by molar-refractivity contribution is 6.32. The Labute approximate surface area is 157 Å². The maximum absolute atomic E-state index is 6.46. The van der Waals surface area contributed by atoms with Gasteiger partial charge in [-0.3, -0.25) is 4.90 Å². The smallest absolute Gasteiger partial charge is 0.220 e. The summed E-state index contributed by atoms with van der Waals surface area (Å²) in [6, 6.07) is 3.84. The van der Waals surface area contributed by atoms with E-state index in [2.05, 4.69) is 18.8 Å². The van der Waals surface area contributed by atoms with E-state index >= 15 is 0 Å². The van der Waals surface area contributed by atoms with Crippen LogP contribution in [0.25, 0.3) is 11.0 Å². The van der Waals surface area contributed by atoms with Crippen molar-refractivity contribution in [2.24, 2.45) is 21.5 Å². The monoisotopic (exact) mass is 373 g/mol. The average molecular weight is 374 g/mol. The van der Waals surface area contributed by atoms with Crippen LogP contribution in [0, 0.1) is 6.92 Å². The van der Waals surface area contributed by atoms with Crippen molar-refractivity contribution in [1.29, 1.82) is 0 Å². The van der Waals surface area contributed by atoms with Crippen molar-refractivity contribution in [2.45, 2.75) is 58.0 Å². The number of rotatable bonds is 2. The zero-order chi connectivity index (χ0) is 18.5. The first kappa shape index (κ1) is 17.2. The molecule has 1 spiro atoms. The van der Waals surface area contributed by atoms with Crippen molar-refractivity contribution < 1.29 is 4.42 Å². The summed E-state index contributed by atoms with van der Waals surface area (Å²) in [6.45, 7) is 4.14. The van der Waals surface area contributed by atoms with Gasteiger partial charge in [-0.25, -0.2) is 4.99 Å². The number of hydrogen-bond acceptors (Lipinski definition) is 6. The molecule has 2 aliphatic rings. The van der Waals surface area contributed by atoms with Crippen molar-refractivity contribution in [2.75, 3.05) is 4.90 Å². The molecule has 2 aromatic rings. The average Bonchev–Trinajstić information content (AvgIpc) is 2.91. The van der Waals surface area contributed by atoms with Gasteiger partial charge in [0.1, 0.15) is 11.4 Å². The Morgan fingerprint density at radius 1 is 1.23 bits per heavy atom. The third-order valence-electron chi connectivity index (χ3n) is 5.50. The molecule has 1 aromatic carbocycles. The van der Waals surface area contributed by atoms with Crippen molar-refractivity contribution in [3.8, 4) is 0 Å². The standard InChI is InChI=1S/C19H24ClN5O/c1-3-15-11(2)13-9-12(20)10-14(16(13)26-15)25-18(22)23-17(21)24-19(25)7-5-4-6-8-19/h9-10H,3-8H2,1-2H3,(H4,21,22,23,24). The minimum absolute atomic E-state index is 0.240. The summed E-state index contributed by atoms with van der Waals surface area (Å²) in [5.41, 5.74) is 14.5. The van der Waals surface area contributed by atoms with Crippen molar-refractivity contribution in [3.05, 3.63) is 28.5 Å². The number of anilines is 1. The fourth-order valence-corrected chi connectivity index (χ4v) is 4.50. The van der Waals surface area contributed by atoms with Gasteiger partial charge in [0.2, 0.25) is 11.9 Å². The van der Waals surface area contributed by atoms with Crippen LogP contribution in [0.1, 0.15) is 50.4 Å². The van der Waals surface area contributed by atoms with Gasteiger partial charge < -0.3 is 15.9 Å². The molecule has 0 bridgehead atoms. The fraction of sp³-hybridized carbons (Fsp3) is 0.474. The molecular formula is C19H24ClN5O. The van der Waals surface area contributed by atoms with Crippen LogP contribution in [-0.4, -0.2) is 17.6 Å². The number of nitrogens with two attached hydrogens (primary N) is 2. The van der Waals surface area contributed by atoms with Crippen LogP contribution in [0.4, 0.5) is 5.69 Å². The SMILES string of the molecule is CCc1oc2c(N3C(N)=NC(N)=NC34CCCCC4)cc(Cl)cc2c1C. The first-order chi connectivity index (χ1) is 12.4. The molecule has 1 fully saturated rings.